The number of hydrogen-bond donors (Lipinski definition) is 1. The van der Waals surface area contributed by atoms with Crippen LogP contribution in [0.3, 0.4) is 0 Å². The fourth-order valence-corrected chi connectivity index (χ4v) is 4.93. The molecule has 0 radical (unpaired) electrons. The Morgan fingerprint density at radius 1 is 1.26 bits per heavy atom. The summed E-state index contributed by atoms with van der Waals surface area (Å²) in [5.74, 6) is -2.54. The van der Waals surface area contributed by atoms with Crippen molar-refractivity contribution >= 4 is 32.7 Å². The van der Waals surface area contributed by atoms with Crippen LogP contribution in [0.15, 0.2) is 35.1 Å². The largest absolute Gasteiger partial charge is 0.350 e. The summed E-state index contributed by atoms with van der Waals surface area (Å²) in [6.45, 7) is -0.367. The van der Waals surface area contributed by atoms with Crippen LogP contribution in [0.25, 0.3) is 10.3 Å². The summed E-state index contributed by atoms with van der Waals surface area (Å²) in [5.41, 5.74) is 0.753. The lowest BCUT2D eigenvalue weighted by Crippen LogP contribution is -2.43. The second-order valence-electron chi connectivity index (χ2n) is 8.17. The van der Waals surface area contributed by atoms with Crippen LogP contribution in [0.5, 0.6) is 0 Å². The molecule has 2 fully saturated rings. The lowest BCUT2D eigenvalue weighted by Gasteiger charge is -2.22. The minimum atomic E-state index is -3.02. The zero-order valence-electron chi connectivity index (χ0n) is 16.8. The van der Waals surface area contributed by atoms with Crippen molar-refractivity contribution in [2.24, 2.45) is 7.05 Å². The van der Waals surface area contributed by atoms with Gasteiger partial charge in [-0.2, -0.15) is 0 Å². The van der Waals surface area contributed by atoms with Crippen molar-refractivity contribution in [3.05, 3.63) is 52.1 Å². The molecule has 1 saturated carbocycles. The molecule has 2 aromatic heterocycles. The normalized spacial score (nSPS) is 20.4. The molecule has 31 heavy (non-hydrogen) atoms. The summed E-state index contributed by atoms with van der Waals surface area (Å²) in [7, 11) is 1.66. The topological polar surface area (TPSA) is 80.1 Å². The van der Waals surface area contributed by atoms with E-state index in [0.717, 1.165) is 29.7 Å². The molecule has 7 nitrogen and oxygen atoms in total. The van der Waals surface area contributed by atoms with Crippen LogP contribution < -0.4 is 15.8 Å². The summed E-state index contributed by atoms with van der Waals surface area (Å²) in [6, 6.07) is 8.21. The Labute approximate surface area is 180 Å². The molecule has 1 amide bonds. The van der Waals surface area contributed by atoms with Crippen LogP contribution in [0, 0.1) is 0 Å². The van der Waals surface area contributed by atoms with Gasteiger partial charge in [0.25, 0.3) is 11.5 Å². The molecule has 1 aliphatic carbocycles. The number of benzene rings is 1. The zero-order chi connectivity index (χ0) is 21.8. The molecule has 1 unspecified atom stereocenters. The number of alkyl halides is 2. The van der Waals surface area contributed by atoms with E-state index in [0.29, 0.717) is 10.7 Å². The number of hydrogen-bond acceptors (Lipinski definition) is 6. The Kier molecular flexibility index (Phi) is 4.76. The van der Waals surface area contributed by atoms with Crippen molar-refractivity contribution in [2.45, 2.75) is 43.7 Å². The lowest BCUT2D eigenvalue weighted by molar-refractivity contribution is -0.123. The minimum absolute atomic E-state index is 0.158. The molecule has 2 aliphatic rings. The van der Waals surface area contributed by atoms with Crippen molar-refractivity contribution in [3.63, 3.8) is 0 Å². The first-order valence-corrected chi connectivity index (χ1v) is 11.0. The predicted octanol–water partition coefficient (Wildman–Crippen LogP) is 2.80. The summed E-state index contributed by atoms with van der Waals surface area (Å²) in [5, 5.41) is 2.97. The van der Waals surface area contributed by atoms with Crippen LogP contribution in [-0.2, 0) is 18.4 Å². The SMILES string of the molecule is Cn1c(C2CC2)nc2sc(N3CC(F)(F)CC3C(=O)NCc3ccccc3)nc2c1=O. The van der Waals surface area contributed by atoms with Crippen molar-refractivity contribution in [1.29, 1.82) is 0 Å². The van der Waals surface area contributed by atoms with Gasteiger partial charge in [-0.05, 0) is 18.4 Å². The number of nitrogens with zero attached hydrogens (tertiary/aromatic N) is 4. The minimum Gasteiger partial charge on any atom is -0.350 e. The Morgan fingerprint density at radius 3 is 2.71 bits per heavy atom. The molecule has 1 aromatic carbocycles. The van der Waals surface area contributed by atoms with E-state index in [4.69, 9.17) is 0 Å². The number of rotatable bonds is 5. The number of amides is 1. The third-order valence-electron chi connectivity index (χ3n) is 5.74. The average Bonchev–Trinajstić information content (AvgIpc) is 3.42. The Hall–Kier alpha value is -2.88. The molecule has 3 heterocycles. The Bertz CT molecular complexity index is 1210. The molecule has 5 rings (SSSR count). The molecule has 0 spiro atoms. The summed E-state index contributed by atoms with van der Waals surface area (Å²) in [6.07, 6.45) is 1.38. The van der Waals surface area contributed by atoms with Gasteiger partial charge in [0.05, 0.1) is 6.54 Å². The quantitative estimate of drug-likeness (QED) is 0.653. The lowest BCUT2D eigenvalue weighted by atomic mass is 10.1. The predicted molar refractivity (Wildman–Crippen MR) is 114 cm³/mol. The number of carbonyl (C=O) groups is 1. The highest BCUT2D eigenvalue weighted by molar-refractivity contribution is 7.21. The number of thiazole rings is 1. The van der Waals surface area contributed by atoms with Crippen LogP contribution in [-0.4, -0.2) is 39.0 Å². The molecule has 0 bridgehead atoms. The smallest absolute Gasteiger partial charge is 0.280 e. The third kappa shape index (κ3) is 3.80. The first-order chi connectivity index (χ1) is 14.8. The zero-order valence-corrected chi connectivity index (χ0v) is 17.7. The maximum Gasteiger partial charge on any atom is 0.280 e. The van der Waals surface area contributed by atoms with Gasteiger partial charge >= 0.3 is 0 Å². The number of halogens is 2. The van der Waals surface area contributed by atoms with Crippen LogP contribution in [0.2, 0.25) is 0 Å². The molecule has 3 aromatic rings. The van der Waals surface area contributed by atoms with Gasteiger partial charge in [0.1, 0.15) is 11.9 Å². The number of carbonyl (C=O) groups excluding carboxylic acids is 1. The maximum absolute atomic E-state index is 14.3. The van der Waals surface area contributed by atoms with Crippen molar-refractivity contribution < 1.29 is 13.6 Å². The molecular weight excluding hydrogens is 424 g/mol. The number of aromatic nitrogens is 3. The highest BCUT2D eigenvalue weighted by Gasteiger charge is 2.49. The third-order valence-corrected chi connectivity index (χ3v) is 6.72. The number of nitrogens with one attached hydrogen (secondary N) is 1. The van der Waals surface area contributed by atoms with Crippen molar-refractivity contribution in [3.8, 4) is 0 Å². The number of fused-ring (bicyclic) bond motifs is 1. The van der Waals surface area contributed by atoms with Crippen molar-refractivity contribution in [2.75, 3.05) is 11.4 Å². The molecule has 1 atom stereocenters. The van der Waals surface area contributed by atoms with E-state index in [1.54, 1.807) is 7.05 Å². The van der Waals surface area contributed by atoms with Crippen LogP contribution in [0.1, 0.15) is 36.6 Å². The average molecular weight is 445 g/mol. The summed E-state index contributed by atoms with van der Waals surface area (Å²) >= 11 is 1.09. The molecule has 1 aliphatic heterocycles. The van der Waals surface area contributed by atoms with Gasteiger partial charge in [-0.25, -0.2) is 18.7 Å². The summed E-state index contributed by atoms with van der Waals surface area (Å²) < 4.78 is 30.1. The van der Waals surface area contributed by atoms with Crippen LogP contribution >= 0.6 is 11.3 Å². The van der Waals surface area contributed by atoms with E-state index in [2.05, 4.69) is 15.3 Å². The van der Waals surface area contributed by atoms with E-state index in [1.807, 2.05) is 30.3 Å². The van der Waals surface area contributed by atoms with Crippen molar-refractivity contribution in [1.82, 2.24) is 19.9 Å². The molecule has 1 N–H and O–H groups in total. The van der Waals surface area contributed by atoms with Gasteiger partial charge in [-0.3, -0.25) is 14.2 Å². The van der Waals surface area contributed by atoms with Crippen LogP contribution in [0.4, 0.5) is 13.9 Å². The fraction of sp³-hybridized carbons (Fsp3) is 0.429. The van der Waals surface area contributed by atoms with Gasteiger partial charge in [0.2, 0.25) is 5.91 Å². The number of anilines is 1. The fourth-order valence-electron chi connectivity index (χ4n) is 3.94. The highest BCUT2D eigenvalue weighted by atomic mass is 32.1. The second-order valence-corrected chi connectivity index (χ2v) is 9.12. The van der Waals surface area contributed by atoms with E-state index in [-0.39, 0.29) is 28.7 Å². The van der Waals surface area contributed by atoms with Gasteiger partial charge in [-0.1, -0.05) is 41.7 Å². The molecule has 10 heteroatoms. The van der Waals surface area contributed by atoms with Gasteiger partial charge in [-0.15, -0.1) is 0 Å². The highest BCUT2D eigenvalue weighted by Crippen LogP contribution is 2.41. The monoisotopic (exact) mass is 445 g/mol. The summed E-state index contributed by atoms with van der Waals surface area (Å²) in [4.78, 5) is 36.2. The Morgan fingerprint density at radius 2 is 2.00 bits per heavy atom. The maximum atomic E-state index is 14.3. The van der Waals surface area contributed by atoms with E-state index < -0.39 is 30.8 Å². The standard InChI is InChI=1S/C21H21F2N5O2S/c1-27-16(13-7-8-13)26-18-15(19(27)30)25-20(31-18)28-11-21(22,23)9-14(28)17(29)24-10-12-5-3-2-4-6-12/h2-6,13-14H,7-11H2,1H3,(H,24,29). The van der Waals surface area contributed by atoms with Gasteiger partial charge < -0.3 is 10.2 Å². The molecular formula is C21H21F2N5O2S. The van der Waals surface area contributed by atoms with E-state index >= 15 is 0 Å². The molecule has 1 saturated heterocycles. The van der Waals surface area contributed by atoms with E-state index in [9.17, 15) is 18.4 Å². The first kappa shape index (κ1) is 20.0. The Balaban J connectivity index is 1.44. The van der Waals surface area contributed by atoms with Gasteiger partial charge in [0, 0.05) is 25.9 Å². The second kappa shape index (κ2) is 7.37. The first-order valence-electron chi connectivity index (χ1n) is 10.2. The molecule has 162 valence electrons. The van der Waals surface area contributed by atoms with E-state index in [1.165, 1.54) is 9.47 Å². The van der Waals surface area contributed by atoms with Gasteiger partial charge in [0.15, 0.2) is 15.5 Å².